The monoisotopic (exact) mass is 240 g/mol. The first-order valence-corrected chi connectivity index (χ1v) is 6.48. The van der Waals surface area contributed by atoms with Crippen molar-refractivity contribution in [1.29, 1.82) is 0 Å². The second-order valence-electron chi connectivity index (χ2n) is 4.42. The van der Waals surface area contributed by atoms with Crippen molar-refractivity contribution in [1.82, 2.24) is 4.90 Å². The molecule has 0 aromatic rings. The molecule has 2 N–H and O–H groups in total. The summed E-state index contributed by atoms with van der Waals surface area (Å²) in [5.41, 5.74) is 5.41. The zero-order chi connectivity index (χ0) is 12.5. The molecule has 4 nitrogen and oxygen atoms in total. The van der Waals surface area contributed by atoms with Crippen LogP contribution >= 0.6 is 0 Å². The molecular weight excluding hydrogens is 216 g/mol. The number of amides is 1. The lowest BCUT2D eigenvalue weighted by Gasteiger charge is -2.32. The number of piperidine rings is 1. The first kappa shape index (κ1) is 14.2. The molecule has 0 aromatic carbocycles. The van der Waals surface area contributed by atoms with Crippen LogP contribution in [0, 0.1) is 0 Å². The largest absolute Gasteiger partial charge is 0.378 e. The van der Waals surface area contributed by atoms with Crippen LogP contribution in [-0.2, 0) is 9.53 Å². The standard InChI is InChI=1S/C13H24N2O2/c1-2-3-5-13(16)15-9-6-12(7-10-15)17-11-4-8-14/h2,12H,1,3-11,14H2. The first-order valence-electron chi connectivity index (χ1n) is 6.48. The van der Waals surface area contributed by atoms with Crippen molar-refractivity contribution in [2.45, 2.75) is 38.2 Å². The van der Waals surface area contributed by atoms with Crippen molar-refractivity contribution in [2.75, 3.05) is 26.2 Å². The van der Waals surface area contributed by atoms with E-state index in [1.165, 1.54) is 0 Å². The van der Waals surface area contributed by atoms with Gasteiger partial charge in [0, 0.05) is 26.1 Å². The summed E-state index contributed by atoms with van der Waals surface area (Å²) in [5.74, 6) is 0.241. The minimum Gasteiger partial charge on any atom is -0.378 e. The number of carbonyl (C=O) groups is 1. The molecule has 1 rings (SSSR count). The number of nitrogens with zero attached hydrogens (tertiary/aromatic N) is 1. The van der Waals surface area contributed by atoms with Gasteiger partial charge in [0.25, 0.3) is 0 Å². The Bertz CT molecular complexity index is 236. The SMILES string of the molecule is C=CCCC(=O)N1CCC(OCCCN)CC1. The maximum absolute atomic E-state index is 11.7. The van der Waals surface area contributed by atoms with Crippen molar-refractivity contribution in [3.8, 4) is 0 Å². The number of nitrogens with two attached hydrogens (primary N) is 1. The molecule has 1 aliphatic rings. The molecule has 1 fully saturated rings. The van der Waals surface area contributed by atoms with Crippen LogP contribution in [0.2, 0.25) is 0 Å². The van der Waals surface area contributed by atoms with E-state index in [4.69, 9.17) is 10.5 Å². The van der Waals surface area contributed by atoms with E-state index in [1.807, 2.05) is 4.90 Å². The van der Waals surface area contributed by atoms with E-state index >= 15 is 0 Å². The van der Waals surface area contributed by atoms with Gasteiger partial charge < -0.3 is 15.4 Å². The second-order valence-corrected chi connectivity index (χ2v) is 4.42. The van der Waals surface area contributed by atoms with Crippen molar-refractivity contribution in [3.05, 3.63) is 12.7 Å². The Kier molecular flexibility index (Phi) is 6.89. The van der Waals surface area contributed by atoms with E-state index in [0.29, 0.717) is 19.1 Å². The van der Waals surface area contributed by atoms with Gasteiger partial charge in [0.2, 0.25) is 5.91 Å². The normalized spacial score (nSPS) is 17.1. The Morgan fingerprint density at radius 3 is 2.76 bits per heavy atom. The van der Waals surface area contributed by atoms with E-state index in [2.05, 4.69) is 6.58 Å². The minimum atomic E-state index is 0.241. The molecule has 1 amide bonds. The second kappa shape index (κ2) is 8.25. The predicted octanol–water partition coefficient (Wildman–Crippen LogP) is 1.31. The van der Waals surface area contributed by atoms with Gasteiger partial charge in [-0.05, 0) is 32.2 Å². The van der Waals surface area contributed by atoms with E-state index < -0.39 is 0 Å². The maximum atomic E-state index is 11.7. The molecular formula is C13H24N2O2. The number of ether oxygens (including phenoxy) is 1. The lowest BCUT2D eigenvalue weighted by molar-refractivity contribution is -0.133. The molecule has 4 heteroatoms. The van der Waals surface area contributed by atoms with Crippen LogP contribution in [-0.4, -0.2) is 43.2 Å². The fourth-order valence-corrected chi connectivity index (χ4v) is 1.99. The van der Waals surface area contributed by atoms with Crippen molar-refractivity contribution >= 4 is 5.91 Å². The molecule has 1 heterocycles. The summed E-state index contributed by atoms with van der Waals surface area (Å²) in [6, 6.07) is 0. The van der Waals surface area contributed by atoms with Gasteiger partial charge in [-0.1, -0.05) is 6.08 Å². The smallest absolute Gasteiger partial charge is 0.222 e. The number of likely N-dealkylation sites (tertiary alicyclic amines) is 1. The van der Waals surface area contributed by atoms with E-state index in [0.717, 1.165) is 45.4 Å². The number of hydrogen-bond acceptors (Lipinski definition) is 3. The quantitative estimate of drug-likeness (QED) is 0.539. The Morgan fingerprint density at radius 2 is 2.18 bits per heavy atom. The van der Waals surface area contributed by atoms with Gasteiger partial charge in [0.15, 0.2) is 0 Å². The fraction of sp³-hybridized carbons (Fsp3) is 0.769. The maximum Gasteiger partial charge on any atom is 0.222 e. The zero-order valence-corrected chi connectivity index (χ0v) is 10.6. The predicted molar refractivity (Wildman–Crippen MR) is 68.7 cm³/mol. The van der Waals surface area contributed by atoms with Crippen LogP contribution < -0.4 is 5.73 Å². The third-order valence-corrected chi connectivity index (χ3v) is 3.06. The van der Waals surface area contributed by atoms with E-state index in [9.17, 15) is 4.79 Å². The Morgan fingerprint density at radius 1 is 1.47 bits per heavy atom. The van der Waals surface area contributed by atoms with Crippen LogP contribution in [0.5, 0.6) is 0 Å². The van der Waals surface area contributed by atoms with E-state index in [1.54, 1.807) is 6.08 Å². The molecule has 0 bridgehead atoms. The summed E-state index contributed by atoms with van der Waals surface area (Å²) in [5, 5.41) is 0. The van der Waals surface area contributed by atoms with E-state index in [-0.39, 0.29) is 5.91 Å². The van der Waals surface area contributed by atoms with Gasteiger partial charge in [-0.2, -0.15) is 0 Å². The van der Waals surface area contributed by atoms with Crippen molar-refractivity contribution < 1.29 is 9.53 Å². The summed E-state index contributed by atoms with van der Waals surface area (Å²) in [4.78, 5) is 13.7. The van der Waals surface area contributed by atoms with Crippen LogP contribution in [0.25, 0.3) is 0 Å². The number of rotatable bonds is 7. The van der Waals surface area contributed by atoms with Gasteiger partial charge >= 0.3 is 0 Å². The third-order valence-electron chi connectivity index (χ3n) is 3.06. The highest BCUT2D eigenvalue weighted by atomic mass is 16.5. The number of carbonyl (C=O) groups excluding carboxylic acids is 1. The summed E-state index contributed by atoms with van der Waals surface area (Å²) in [6.45, 7) is 6.70. The van der Waals surface area contributed by atoms with Crippen molar-refractivity contribution in [2.24, 2.45) is 5.73 Å². The molecule has 98 valence electrons. The number of allylic oxidation sites excluding steroid dienone is 1. The molecule has 0 saturated carbocycles. The lowest BCUT2D eigenvalue weighted by Crippen LogP contribution is -2.40. The van der Waals surface area contributed by atoms with Crippen molar-refractivity contribution in [3.63, 3.8) is 0 Å². The number of hydrogen-bond donors (Lipinski definition) is 1. The third kappa shape index (κ3) is 5.33. The molecule has 0 aliphatic carbocycles. The highest BCUT2D eigenvalue weighted by Gasteiger charge is 2.22. The molecule has 1 saturated heterocycles. The Labute approximate surface area is 104 Å². The minimum absolute atomic E-state index is 0.241. The molecule has 0 radical (unpaired) electrons. The summed E-state index contributed by atoms with van der Waals surface area (Å²) >= 11 is 0. The van der Waals surface area contributed by atoms with Crippen LogP contribution in [0.15, 0.2) is 12.7 Å². The molecule has 0 unspecified atom stereocenters. The first-order chi connectivity index (χ1) is 8.27. The fourth-order valence-electron chi connectivity index (χ4n) is 1.99. The van der Waals surface area contributed by atoms with Gasteiger partial charge in [-0.3, -0.25) is 4.79 Å². The highest BCUT2D eigenvalue weighted by Crippen LogP contribution is 2.15. The molecule has 0 aromatic heterocycles. The van der Waals surface area contributed by atoms with Gasteiger partial charge in [0.1, 0.15) is 0 Å². The molecule has 0 spiro atoms. The topological polar surface area (TPSA) is 55.6 Å². The average molecular weight is 240 g/mol. The summed E-state index contributed by atoms with van der Waals surface area (Å²) in [6.07, 6.45) is 6.27. The average Bonchev–Trinajstić information content (AvgIpc) is 2.37. The van der Waals surface area contributed by atoms with Crippen LogP contribution in [0.1, 0.15) is 32.1 Å². The molecule has 0 atom stereocenters. The van der Waals surface area contributed by atoms with Crippen LogP contribution in [0.3, 0.4) is 0 Å². The summed E-state index contributed by atoms with van der Waals surface area (Å²) in [7, 11) is 0. The van der Waals surface area contributed by atoms with Gasteiger partial charge in [0.05, 0.1) is 6.10 Å². The lowest BCUT2D eigenvalue weighted by atomic mass is 10.1. The molecule has 17 heavy (non-hydrogen) atoms. The summed E-state index contributed by atoms with van der Waals surface area (Å²) < 4.78 is 5.70. The van der Waals surface area contributed by atoms with Gasteiger partial charge in [-0.25, -0.2) is 0 Å². The van der Waals surface area contributed by atoms with Gasteiger partial charge in [-0.15, -0.1) is 6.58 Å². The highest BCUT2D eigenvalue weighted by molar-refractivity contribution is 5.76. The Hall–Kier alpha value is -0.870. The Balaban J connectivity index is 2.16. The molecule has 1 aliphatic heterocycles. The zero-order valence-electron chi connectivity index (χ0n) is 10.6. The van der Waals surface area contributed by atoms with Crippen LogP contribution in [0.4, 0.5) is 0 Å².